The zero-order valence-electron chi connectivity index (χ0n) is 13.5. The third-order valence-corrected chi connectivity index (χ3v) is 4.18. The third-order valence-electron chi connectivity index (χ3n) is 4.18. The van der Waals surface area contributed by atoms with Crippen LogP contribution in [0.3, 0.4) is 0 Å². The van der Waals surface area contributed by atoms with E-state index in [0.29, 0.717) is 11.8 Å². The highest BCUT2D eigenvalue weighted by Crippen LogP contribution is 2.31. The molecule has 3 N–H and O–H groups in total. The van der Waals surface area contributed by atoms with E-state index < -0.39 is 6.04 Å². The zero-order valence-corrected chi connectivity index (χ0v) is 14.4. The lowest BCUT2D eigenvalue weighted by Crippen LogP contribution is -2.44. The van der Waals surface area contributed by atoms with Crippen LogP contribution in [0, 0.1) is 5.92 Å². The molecule has 22 heavy (non-hydrogen) atoms. The standard InChI is InChI=1S/C15H26N4O2.ClH/c1-9(2)12(16)14(20)17-10(3)15-18-13(19-21-15)11-7-5-4-6-8-11;/h9-12H,4-8,16H2,1-3H3,(H,17,20);1H/t10?,12-;/m0./s1. The van der Waals surface area contributed by atoms with E-state index in [0.717, 1.165) is 18.7 Å². The first-order chi connectivity index (χ1) is 9.99. The minimum absolute atomic E-state index is 0. The Bertz CT molecular complexity index is 472. The van der Waals surface area contributed by atoms with Crippen molar-refractivity contribution in [3.05, 3.63) is 11.7 Å². The molecule has 1 aromatic rings. The van der Waals surface area contributed by atoms with E-state index in [-0.39, 0.29) is 30.3 Å². The fraction of sp³-hybridized carbons (Fsp3) is 0.800. The van der Waals surface area contributed by atoms with Gasteiger partial charge in [0.25, 0.3) is 0 Å². The van der Waals surface area contributed by atoms with Crippen molar-refractivity contribution in [3.8, 4) is 0 Å². The number of nitrogens with one attached hydrogen (secondary N) is 1. The number of hydrogen-bond acceptors (Lipinski definition) is 5. The average Bonchev–Trinajstić information content (AvgIpc) is 2.97. The van der Waals surface area contributed by atoms with Gasteiger partial charge in [-0.2, -0.15) is 4.98 Å². The van der Waals surface area contributed by atoms with E-state index in [9.17, 15) is 4.79 Å². The molecule has 0 aromatic carbocycles. The van der Waals surface area contributed by atoms with Gasteiger partial charge in [-0.05, 0) is 25.7 Å². The number of aromatic nitrogens is 2. The van der Waals surface area contributed by atoms with Crippen LogP contribution in [0.4, 0.5) is 0 Å². The number of amides is 1. The maximum Gasteiger partial charge on any atom is 0.248 e. The Balaban J connectivity index is 0.00000242. The van der Waals surface area contributed by atoms with E-state index in [1.54, 1.807) is 0 Å². The first-order valence-electron chi connectivity index (χ1n) is 7.88. The molecule has 126 valence electrons. The Morgan fingerprint density at radius 1 is 1.27 bits per heavy atom. The second kappa shape index (κ2) is 8.48. The van der Waals surface area contributed by atoms with Crippen LogP contribution in [0.5, 0.6) is 0 Å². The number of rotatable bonds is 5. The molecule has 1 aliphatic carbocycles. The van der Waals surface area contributed by atoms with Gasteiger partial charge >= 0.3 is 0 Å². The summed E-state index contributed by atoms with van der Waals surface area (Å²) in [4.78, 5) is 16.4. The summed E-state index contributed by atoms with van der Waals surface area (Å²) in [6.07, 6.45) is 5.99. The van der Waals surface area contributed by atoms with Crippen molar-refractivity contribution in [2.45, 2.75) is 70.9 Å². The molecule has 1 saturated carbocycles. The lowest BCUT2D eigenvalue weighted by molar-refractivity contribution is -0.124. The molecular weight excluding hydrogens is 304 g/mol. The Morgan fingerprint density at radius 3 is 2.50 bits per heavy atom. The second-order valence-electron chi connectivity index (χ2n) is 6.33. The third kappa shape index (κ3) is 4.68. The van der Waals surface area contributed by atoms with Crippen LogP contribution in [0.15, 0.2) is 4.52 Å². The quantitative estimate of drug-likeness (QED) is 0.865. The summed E-state index contributed by atoms with van der Waals surface area (Å²) >= 11 is 0. The Labute approximate surface area is 138 Å². The molecule has 1 aliphatic rings. The summed E-state index contributed by atoms with van der Waals surface area (Å²) in [7, 11) is 0. The fourth-order valence-electron chi connectivity index (χ4n) is 2.62. The molecule has 1 heterocycles. The molecule has 0 radical (unpaired) electrons. The fourth-order valence-corrected chi connectivity index (χ4v) is 2.62. The topological polar surface area (TPSA) is 94.0 Å². The molecule has 2 atom stereocenters. The van der Waals surface area contributed by atoms with Crippen LogP contribution in [0.1, 0.15) is 76.6 Å². The highest BCUT2D eigenvalue weighted by atomic mass is 35.5. The lowest BCUT2D eigenvalue weighted by Gasteiger charge is -2.18. The highest BCUT2D eigenvalue weighted by molar-refractivity contribution is 5.85. The first kappa shape index (κ1) is 18.9. The largest absolute Gasteiger partial charge is 0.343 e. The summed E-state index contributed by atoms with van der Waals surface area (Å²) in [5.41, 5.74) is 5.83. The maximum atomic E-state index is 12.0. The van der Waals surface area contributed by atoms with Crippen molar-refractivity contribution >= 4 is 18.3 Å². The van der Waals surface area contributed by atoms with E-state index in [4.69, 9.17) is 10.3 Å². The molecule has 7 heteroatoms. The molecular formula is C15H27ClN4O2. The number of nitrogens with two attached hydrogens (primary N) is 1. The Hall–Kier alpha value is -1.14. The van der Waals surface area contributed by atoms with Gasteiger partial charge in [-0.1, -0.05) is 38.3 Å². The van der Waals surface area contributed by atoms with Crippen molar-refractivity contribution in [1.82, 2.24) is 15.5 Å². The van der Waals surface area contributed by atoms with Crippen LogP contribution in [0.25, 0.3) is 0 Å². The van der Waals surface area contributed by atoms with Crippen LogP contribution in [-0.2, 0) is 4.79 Å². The molecule has 1 fully saturated rings. The smallest absolute Gasteiger partial charge is 0.248 e. The second-order valence-corrected chi connectivity index (χ2v) is 6.33. The van der Waals surface area contributed by atoms with Gasteiger partial charge in [0.15, 0.2) is 5.82 Å². The van der Waals surface area contributed by atoms with E-state index in [2.05, 4.69) is 15.5 Å². The summed E-state index contributed by atoms with van der Waals surface area (Å²) < 4.78 is 5.30. The summed E-state index contributed by atoms with van der Waals surface area (Å²) in [6.45, 7) is 5.68. The van der Waals surface area contributed by atoms with Crippen molar-refractivity contribution in [1.29, 1.82) is 0 Å². The van der Waals surface area contributed by atoms with Gasteiger partial charge in [-0.3, -0.25) is 4.79 Å². The highest BCUT2D eigenvalue weighted by Gasteiger charge is 2.25. The maximum absolute atomic E-state index is 12.0. The van der Waals surface area contributed by atoms with Gasteiger partial charge in [-0.15, -0.1) is 12.4 Å². The molecule has 0 aliphatic heterocycles. The van der Waals surface area contributed by atoms with E-state index >= 15 is 0 Å². The summed E-state index contributed by atoms with van der Waals surface area (Å²) in [6, 6.07) is -0.833. The van der Waals surface area contributed by atoms with Crippen molar-refractivity contribution in [2.75, 3.05) is 0 Å². The number of nitrogens with zero attached hydrogens (tertiary/aromatic N) is 2. The Morgan fingerprint density at radius 2 is 1.91 bits per heavy atom. The van der Waals surface area contributed by atoms with Gasteiger partial charge in [0.05, 0.1) is 6.04 Å². The van der Waals surface area contributed by atoms with Crippen molar-refractivity contribution in [3.63, 3.8) is 0 Å². The number of halogens is 1. The van der Waals surface area contributed by atoms with Gasteiger partial charge < -0.3 is 15.6 Å². The normalized spacial score (nSPS) is 18.6. The molecule has 0 spiro atoms. The van der Waals surface area contributed by atoms with Crippen molar-refractivity contribution in [2.24, 2.45) is 11.7 Å². The van der Waals surface area contributed by atoms with Gasteiger partial charge in [0.1, 0.15) is 6.04 Å². The van der Waals surface area contributed by atoms with Crippen LogP contribution < -0.4 is 11.1 Å². The number of carbonyl (C=O) groups excluding carboxylic acids is 1. The molecule has 0 bridgehead atoms. The predicted octanol–water partition coefficient (Wildman–Crippen LogP) is 2.70. The van der Waals surface area contributed by atoms with Crippen LogP contribution in [0.2, 0.25) is 0 Å². The molecule has 0 saturated heterocycles. The zero-order chi connectivity index (χ0) is 15.4. The monoisotopic (exact) mass is 330 g/mol. The molecule has 1 unspecified atom stereocenters. The molecule has 6 nitrogen and oxygen atoms in total. The van der Waals surface area contributed by atoms with Crippen LogP contribution >= 0.6 is 12.4 Å². The van der Waals surface area contributed by atoms with E-state index in [1.807, 2.05) is 20.8 Å². The van der Waals surface area contributed by atoms with E-state index in [1.165, 1.54) is 19.3 Å². The molecule has 2 rings (SSSR count). The van der Waals surface area contributed by atoms with Gasteiger partial charge in [0, 0.05) is 5.92 Å². The molecule has 1 amide bonds. The Kier molecular flexibility index (Phi) is 7.29. The SMILES string of the molecule is CC(NC(=O)[C@@H](N)C(C)C)c1nc(C2CCCCC2)no1.Cl. The average molecular weight is 331 g/mol. The minimum atomic E-state index is -0.520. The number of carbonyl (C=O) groups is 1. The first-order valence-corrected chi connectivity index (χ1v) is 7.88. The summed E-state index contributed by atoms with van der Waals surface area (Å²) in [5, 5.41) is 6.91. The van der Waals surface area contributed by atoms with Crippen molar-refractivity contribution < 1.29 is 9.32 Å². The van der Waals surface area contributed by atoms with Gasteiger partial charge in [-0.25, -0.2) is 0 Å². The molecule has 1 aromatic heterocycles. The lowest BCUT2D eigenvalue weighted by atomic mass is 9.89. The van der Waals surface area contributed by atoms with Crippen LogP contribution in [-0.4, -0.2) is 22.1 Å². The number of hydrogen-bond donors (Lipinski definition) is 2. The predicted molar refractivity (Wildman–Crippen MR) is 86.7 cm³/mol. The summed E-state index contributed by atoms with van der Waals surface area (Å²) in [5.74, 6) is 1.54. The minimum Gasteiger partial charge on any atom is -0.343 e. The van der Waals surface area contributed by atoms with Gasteiger partial charge in [0.2, 0.25) is 11.8 Å².